The zero-order chi connectivity index (χ0) is 12.3. The topological polar surface area (TPSA) is 15.3 Å². The molecule has 0 aromatic heterocycles. The molecule has 2 nitrogen and oxygen atoms in total. The molecule has 0 saturated carbocycles. The van der Waals surface area contributed by atoms with Crippen molar-refractivity contribution in [2.24, 2.45) is 0 Å². The van der Waals surface area contributed by atoms with Gasteiger partial charge in [0.2, 0.25) is 0 Å². The molecule has 0 amide bonds. The first-order valence-corrected chi connectivity index (χ1v) is 5.74. The molecule has 0 spiro atoms. The van der Waals surface area contributed by atoms with Crippen LogP contribution in [0.5, 0.6) is 0 Å². The summed E-state index contributed by atoms with van der Waals surface area (Å²) in [5.74, 6) is -1.61. The molecule has 6 heteroatoms. The predicted molar refractivity (Wildman–Crippen MR) is 78.2 cm³/mol. The molecule has 1 aliphatic rings. The Kier molecular flexibility index (Phi) is 8.18. The Balaban J connectivity index is 0.00000162. The maximum Gasteiger partial charge on any atom is 0.159 e. The van der Waals surface area contributed by atoms with Gasteiger partial charge in [-0.3, -0.25) is 4.90 Å². The molecule has 1 N–H and O–H groups in total. The van der Waals surface area contributed by atoms with E-state index in [2.05, 4.69) is 16.8 Å². The molecule has 0 aliphatic carbocycles. The first-order valence-electron chi connectivity index (χ1n) is 5.74. The van der Waals surface area contributed by atoms with Gasteiger partial charge in [0, 0.05) is 26.2 Å². The molecule has 1 atom stereocenters. The summed E-state index contributed by atoms with van der Waals surface area (Å²) in [7, 11) is 0. The highest BCUT2D eigenvalue weighted by molar-refractivity contribution is 5.85. The van der Waals surface area contributed by atoms with E-state index in [9.17, 15) is 8.78 Å². The largest absolute Gasteiger partial charge is 0.314 e. The van der Waals surface area contributed by atoms with Crippen LogP contribution in [0.4, 0.5) is 8.78 Å². The van der Waals surface area contributed by atoms with E-state index in [-0.39, 0.29) is 30.9 Å². The van der Waals surface area contributed by atoms with Gasteiger partial charge >= 0.3 is 0 Å². The Morgan fingerprint density at radius 2 is 1.79 bits per heavy atom. The average Bonchev–Trinajstić information content (AvgIpc) is 2.36. The quantitative estimate of drug-likeness (QED) is 0.864. The molecular formula is C13H18Cl2F2N2. The zero-order valence-corrected chi connectivity index (χ0v) is 12.1. The van der Waals surface area contributed by atoms with Crippen LogP contribution in [0.15, 0.2) is 30.9 Å². The summed E-state index contributed by atoms with van der Waals surface area (Å²) in [6.45, 7) is 7.38. The molecular weight excluding hydrogens is 293 g/mol. The van der Waals surface area contributed by atoms with Crippen molar-refractivity contribution in [1.82, 2.24) is 10.2 Å². The van der Waals surface area contributed by atoms with Crippen molar-refractivity contribution >= 4 is 24.8 Å². The number of benzene rings is 1. The maximum absolute atomic E-state index is 13.2. The Hall–Kier alpha value is -0.680. The van der Waals surface area contributed by atoms with Crippen molar-refractivity contribution in [2.45, 2.75) is 6.04 Å². The number of hydrogen-bond donors (Lipinski definition) is 1. The third-order valence-electron chi connectivity index (χ3n) is 3.05. The SMILES string of the molecule is C=C[C@@H](c1ccc(F)c(F)c1)N1CCNCC1.Cl.Cl. The molecule has 1 aromatic rings. The smallest absolute Gasteiger partial charge is 0.159 e. The third kappa shape index (κ3) is 4.42. The summed E-state index contributed by atoms with van der Waals surface area (Å²) in [5.41, 5.74) is 0.751. The van der Waals surface area contributed by atoms with Gasteiger partial charge < -0.3 is 5.32 Å². The number of hydrogen-bond acceptors (Lipinski definition) is 2. The maximum atomic E-state index is 13.2. The lowest BCUT2D eigenvalue weighted by Gasteiger charge is -2.33. The fourth-order valence-corrected chi connectivity index (χ4v) is 2.15. The highest BCUT2D eigenvalue weighted by atomic mass is 35.5. The summed E-state index contributed by atoms with van der Waals surface area (Å²) >= 11 is 0. The lowest BCUT2D eigenvalue weighted by molar-refractivity contribution is 0.203. The van der Waals surface area contributed by atoms with Crippen molar-refractivity contribution in [3.05, 3.63) is 48.1 Å². The highest BCUT2D eigenvalue weighted by Gasteiger charge is 2.20. The van der Waals surface area contributed by atoms with Gasteiger partial charge in [-0.1, -0.05) is 12.1 Å². The second-order valence-corrected chi connectivity index (χ2v) is 4.14. The van der Waals surface area contributed by atoms with Crippen molar-refractivity contribution in [2.75, 3.05) is 26.2 Å². The van der Waals surface area contributed by atoms with E-state index in [0.29, 0.717) is 0 Å². The molecule has 1 fully saturated rings. The van der Waals surface area contributed by atoms with Crippen LogP contribution in [0.3, 0.4) is 0 Å². The van der Waals surface area contributed by atoms with Crippen molar-refractivity contribution < 1.29 is 8.78 Å². The third-order valence-corrected chi connectivity index (χ3v) is 3.05. The van der Waals surface area contributed by atoms with Crippen LogP contribution in [0.25, 0.3) is 0 Å². The van der Waals surface area contributed by atoms with Gasteiger partial charge in [0.1, 0.15) is 0 Å². The van der Waals surface area contributed by atoms with Crippen LogP contribution in [-0.2, 0) is 0 Å². The number of nitrogens with one attached hydrogen (secondary N) is 1. The standard InChI is InChI=1S/C13H16F2N2.2ClH/c1-2-13(17-7-5-16-6-8-17)10-3-4-11(14)12(15)9-10;;/h2-4,9,13,16H,1,5-8H2;2*1H/t13-;;/m0../s1. The number of nitrogens with zero attached hydrogens (tertiary/aromatic N) is 1. The first-order chi connectivity index (χ1) is 8.22. The van der Waals surface area contributed by atoms with Crippen LogP contribution in [-0.4, -0.2) is 31.1 Å². The Morgan fingerprint density at radius 1 is 1.16 bits per heavy atom. The molecule has 0 unspecified atom stereocenters. The second kappa shape index (κ2) is 8.48. The number of halogens is 4. The minimum Gasteiger partial charge on any atom is -0.314 e. The van der Waals surface area contributed by atoms with E-state index < -0.39 is 11.6 Å². The summed E-state index contributed by atoms with van der Waals surface area (Å²) in [6, 6.07) is 3.99. The van der Waals surface area contributed by atoms with Crippen LogP contribution in [0.2, 0.25) is 0 Å². The summed E-state index contributed by atoms with van der Waals surface area (Å²) < 4.78 is 26.1. The van der Waals surface area contributed by atoms with E-state index in [1.807, 2.05) is 0 Å². The van der Waals surface area contributed by atoms with Gasteiger partial charge in [-0.2, -0.15) is 0 Å². The van der Waals surface area contributed by atoms with Gasteiger partial charge in [0.15, 0.2) is 11.6 Å². The van der Waals surface area contributed by atoms with Crippen LogP contribution < -0.4 is 5.32 Å². The van der Waals surface area contributed by atoms with E-state index >= 15 is 0 Å². The molecule has 0 bridgehead atoms. The van der Waals surface area contributed by atoms with Gasteiger partial charge in [0.05, 0.1) is 6.04 Å². The fraction of sp³-hybridized carbons (Fsp3) is 0.385. The van der Waals surface area contributed by atoms with E-state index in [4.69, 9.17) is 0 Å². The van der Waals surface area contributed by atoms with E-state index in [1.165, 1.54) is 12.1 Å². The van der Waals surface area contributed by atoms with Crippen molar-refractivity contribution in [3.63, 3.8) is 0 Å². The van der Waals surface area contributed by atoms with Gasteiger partial charge in [-0.25, -0.2) is 8.78 Å². The number of rotatable bonds is 3. The normalized spacial score (nSPS) is 16.9. The first kappa shape index (κ1) is 18.3. The second-order valence-electron chi connectivity index (χ2n) is 4.14. The van der Waals surface area contributed by atoms with Gasteiger partial charge in [-0.05, 0) is 17.7 Å². The fourth-order valence-electron chi connectivity index (χ4n) is 2.15. The molecule has 1 aliphatic heterocycles. The van der Waals surface area contributed by atoms with Crippen molar-refractivity contribution in [3.8, 4) is 0 Å². The van der Waals surface area contributed by atoms with E-state index in [1.54, 1.807) is 12.1 Å². The molecule has 19 heavy (non-hydrogen) atoms. The Bertz CT molecular complexity index is 410. The van der Waals surface area contributed by atoms with Crippen LogP contribution in [0, 0.1) is 11.6 Å². The monoisotopic (exact) mass is 310 g/mol. The van der Waals surface area contributed by atoms with Crippen LogP contribution >= 0.6 is 24.8 Å². The lowest BCUT2D eigenvalue weighted by Crippen LogP contribution is -2.44. The molecule has 2 rings (SSSR count). The van der Waals surface area contributed by atoms with Gasteiger partial charge in [0.25, 0.3) is 0 Å². The minimum atomic E-state index is -0.808. The Labute approximate surface area is 124 Å². The van der Waals surface area contributed by atoms with Crippen LogP contribution in [0.1, 0.15) is 11.6 Å². The average molecular weight is 311 g/mol. The highest BCUT2D eigenvalue weighted by Crippen LogP contribution is 2.23. The molecule has 108 valence electrons. The number of piperazine rings is 1. The predicted octanol–water partition coefficient (Wildman–Crippen LogP) is 2.94. The zero-order valence-electron chi connectivity index (χ0n) is 10.4. The lowest BCUT2D eigenvalue weighted by atomic mass is 10.0. The molecule has 0 radical (unpaired) electrons. The summed E-state index contributed by atoms with van der Waals surface area (Å²) in [5, 5.41) is 3.26. The summed E-state index contributed by atoms with van der Waals surface area (Å²) in [6.07, 6.45) is 1.78. The van der Waals surface area contributed by atoms with Crippen molar-refractivity contribution in [1.29, 1.82) is 0 Å². The van der Waals surface area contributed by atoms with Gasteiger partial charge in [-0.15, -0.1) is 31.4 Å². The van der Waals surface area contributed by atoms with E-state index in [0.717, 1.165) is 31.7 Å². The summed E-state index contributed by atoms with van der Waals surface area (Å²) in [4.78, 5) is 2.20. The molecule has 1 saturated heterocycles. The Morgan fingerprint density at radius 3 is 2.32 bits per heavy atom. The molecule has 1 heterocycles. The molecule has 1 aromatic carbocycles. The minimum absolute atomic E-state index is 0.